The van der Waals surface area contributed by atoms with Crippen molar-refractivity contribution in [3.8, 4) is 0 Å². The molecular weight excluding hydrogens is 447 g/mol. The van der Waals surface area contributed by atoms with Gasteiger partial charge in [0.1, 0.15) is 0 Å². The van der Waals surface area contributed by atoms with Gasteiger partial charge >= 0.3 is 6.03 Å². The van der Waals surface area contributed by atoms with Gasteiger partial charge in [0.2, 0.25) is 0 Å². The second-order valence-electron chi connectivity index (χ2n) is 6.27. The van der Waals surface area contributed by atoms with Crippen LogP contribution in [0.1, 0.15) is 20.4 Å². The number of carbonyl (C=O) groups is 2. The van der Waals surface area contributed by atoms with E-state index in [1.807, 2.05) is 0 Å². The molecule has 0 bridgehead atoms. The van der Waals surface area contributed by atoms with Crippen LogP contribution in [0.3, 0.4) is 0 Å². The number of halogens is 2. The molecule has 11 heteroatoms. The van der Waals surface area contributed by atoms with Gasteiger partial charge in [0.25, 0.3) is 5.91 Å². The minimum atomic E-state index is -0.302. The Morgan fingerprint density at radius 2 is 1.90 bits per heavy atom. The lowest BCUT2D eigenvalue weighted by molar-refractivity contribution is 0.102. The number of nitrogens with zero attached hydrogens (tertiary/aromatic N) is 3. The van der Waals surface area contributed by atoms with Crippen LogP contribution in [0.15, 0.2) is 48.8 Å². The number of nitrogens with one attached hydrogen (secondary N) is 2. The summed E-state index contributed by atoms with van der Waals surface area (Å²) in [6.07, 6.45) is 3.85. The fourth-order valence-corrected chi connectivity index (χ4v) is 3.91. The van der Waals surface area contributed by atoms with Crippen molar-refractivity contribution in [1.29, 1.82) is 0 Å². The maximum atomic E-state index is 12.5. The SMILES string of the molecule is Cl.Cl.Nc1ccccc1NC(=O)c1nc2c(s1)CN(C(=O)Nc1cccnc1)CC2. The predicted octanol–water partition coefficient (Wildman–Crippen LogP) is 3.81. The van der Waals surface area contributed by atoms with Crippen molar-refractivity contribution < 1.29 is 9.59 Å². The van der Waals surface area contributed by atoms with Gasteiger partial charge in [0.05, 0.1) is 35.5 Å². The first-order chi connectivity index (χ1) is 13.6. The van der Waals surface area contributed by atoms with Crippen LogP contribution < -0.4 is 16.4 Å². The number of carbonyl (C=O) groups excluding carboxylic acids is 2. The third-order valence-electron chi connectivity index (χ3n) is 4.33. The van der Waals surface area contributed by atoms with Gasteiger partial charge in [-0.05, 0) is 24.3 Å². The Morgan fingerprint density at radius 3 is 2.63 bits per heavy atom. The Labute approximate surface area is 189 Å². The van der Waals surface area contributed by atoms with E-state index in [0.717, 1.165) is 10.6 Å². The van der Waals surface area contributed by atoms with Gasteiger partial charge in [0.15, 0.2) is 5.01 Å². The molecule has 4 rings (SSSR count). The first kappa shape index (κ1) is 23.4. The van der Waals surface area contributed by atoms with Gasteiger partial charge in [-0.25, -0.2) is 9.78 Å². The van der Waals surface area contributed by atoms with Crippen LogP contribution in [-0.4, -0.2) is 33.4 Å². The molecule has 0 saturated carbocycles. The van der Waals surface area contributed by atoms with E-state index in [-0.39, 0.29) is 36.8 Å². The fourth-order valence-electron chi connectivity index (χ4n) is 2.89. The molecule has 0 unspecified atom stereocenters. The van der Waals surface area contributed by atoms with Crippen LogP contribution >= 0.6 is 36.2 Å². The van der Waals surface area contributed by atoms with Gasteiger partial charge in [-0.1, -0.05) is 12.1 Å². The van der Waals surface area contributed by atoms with E-state index in [2.05, 4.69) is 20.6 Å². The monoisotopic (exact) mass is 466 g/mol. The van der Waals surface area contributed by atoms with Crippen molar-refractivity contribution in [1.82, 2.24) is 14.9 Å². The minimum absolute atomic E-state index is 0. The summed E-state index contributed by atoms with van der Waals surface area (Å²) in [6.45, 7) is 0.954. The summed E-state index contributed by atoms with van der Waals surface area (Å²) in [7, 11) is 0. The molecule has 0 spiro atoms. The number of amides is 3. The molecule has 0 fully saturated rings. The molecular formula is C19H20Cl2N6O2S. The molecule has 0 saturated heterocycles. The highest BCUT2D eigenvalue weighted by atomic mass is 35.5. The van der Waals surface area contributed by atoms with E-state index in [9.17, 15) is 9.59 Å². The Bertz CT molecular complexity index is 1030. The van der Waals surface area contributed by atoms with Crippen LogP contribution in [0, 0.1) is 0 Å². The van der Waals surface area contributed by atoms with Crippen molar-refractivity contribution in [2.45, 2.75) is 13.0 Å². The maximum absolute atomic E-state index is 12.5. The van der Waals surface area contributed by atoms with E-state index in [0.29, 0.717) is 41.6 Å². The summed E-state index contributed by atoms with van der Waals surface area (Å²) < 4.78 is 0. The Balaban J connectivity index is 0.00000160. The highest BCUT2D eigenvalue weighted by Crippen LogP contribution is 2.27. The number of urea groups is 1. The molecule has 158 valence electrons. The molecule has 1 aromatic carbocycles. The van der Waals surface area contributed by atoms with Gasteiger partial charge in [-0.15, -0.1) is 36.2 Å². The molecule has 3 amide bonds. The van der Waals surface area contributed by atoms with Gasteiger partial charge < -0.3 is 21.3 Å². The average molecular weight is 467 g/mol. The van der Waals surface area contributed by atoms with Crippen LogP contribution in [0.5, 0.6) is 0 Å². The number of thiazole rings is 1. The summed E-state index contributed by atoms with van der Waals surface area (Å²) in [5.41, 5.74) is 8.43. The number of aromatic nitrogens is 2. The van der Waals surface area contributed by atoms with Crippen molar-refractivity contribution in [2.75, 3.05) is 22.9 Å². The minimum Gasteiger partial charge on any atom is -0.397 e. The molecule has 3 heterocycles. The Hall–Kier alpha value is -2.88. The first-order valence-corrected chi connectivity index (χ1v) is 9.52. The number of nitrogen functional groups attached to an aromatic ring is 1. The molecule has 1 aliphatic rings. The Kier molecular flexibility index (Phi) is 7.99. The van der Waals surface area contributed by atoms with Gasteiger partial charge in [0, 0.05) is 24.0 Å². The number of para-hydroxylation sites is 2. The number of hydrogen-bond donors (Lipinski definition) is 3. The first-order valence-electron chi connectivity index (χ1n) is 8.70. The van der Waals surface area contributed by atoms with E-state index in [1.165, 1.54) is 11.3 Å². The van der Waals surface area contributed by atoms with Crippen molar-refractivity contribution in [3.63, 3.8) is 0 Å². The van der Waals surface area contributed by atoms with Crippen LogP contribution in [0.2, 0.25) is 0 Å². The fraction of sp³-hybridized carbons (Fsp3) is 0.158. The predicted molar refractivity (Wildman–Crippen MR) is 123 cm³/mol. The van der Waals surface area contributed by atoms with Crippen molar-refractivity contribution in [2.24, 2.45) is 0 Å². The lowest BCUT2D eigenvalue weighted by Crippen LogP contribution is -2.38. The zero-order chi connectivity index (χ0) is 19.5. The number of hydrogen-bond acceptors (Lipinski definition) is 6. The summed E-state index contributed by atoms with van der Waals surface area (Å²) >= 11 is 1.30. The zero-order valence-corrected chi connectivity index (χ0v) is 18.1. The van der Waals surface area contributed by atoms with E-state index >= 15 is 0 Å². The third kappa shape index (κ3) is 5.18. The number of pyridine rings is 1. The summed E-state index contributed by atoms with van der Waals surface area (Å²) in [4.78, 5) is 36.1. The molecule has 3 aromatic rings. The standard InChI is InChI=1S/C19H18N6O2S.2ClH/c20-13-5-1-2-6-14(13)23-17(26)18-24-15-7-9-25(11-16(15)28-18)19(27)22-12-4-3-8-21-10-12;;/h1-6,8,10H,7,9,11,20H2,(H,22,27)(H,23,26);2*1H. The third-order valence-corrected chi connectivity index (χ3v) is 5.42. The number of rotatable bonds is 3. The zero-order valence-electron chi connectivity index (χ0n) is 15.7. The molecule has 4 N–H and O–H groups in total. The highest BCUT2D eigenvalue weighted by Gasteiger charge is 2.26. The van der Waals surface area contributed by atoms with Crippen molar-refractivity contribution >= 4 is 65.2 Å². The maximum Gasteiger partial charge on any atom is 0.322 e. The van der Waals surface area contributed by atoms with Crippen LogP contribution in [0.4, 0.5) is 21.9 Å². The largest absolute Gasteiger partial charge is 0.397 e. The molecule has 0 aliphatic carbocycles. The summed E-state index contributed by atoms with van der Waals surface area (Å²) in [5.74, 6) is -0.302. The number of benzene rings is 1. The van der Waals surface area contributed by atoms with E-state index in [1.54, 1.807) is 53.7 Å². The van der Waals surface area contributed by atoms with Crippen molar-refractivity contribution in [3.05, 3.63) is 64.4 Å². The number of nitrogens with two attached hydrogens (primary N) is 1. The molecule has 0 atom stereocenters. The van der Waals surface area contributed by atoms with Crippen LogP contribution in [0.25, 0.3) is 0 Å². The summed E-state index contributed by atoms with van der Waals surface area (Å²) in [5, 5.41) is 5.98. The molecule has 1 aliphatic heterocycles. The normalized spacial score (nSPS) is 12.1. The van der Waals surface area contributed by atoms with Crippen LogP contribution in [-0.2, 0) is 13.0 Å². The molecule has 0 radical (unpaired) electrons. The quantitative estimate of drug-likeness (QED) is 0.507. The lowest BCUT2D eigenvalue weighted by Gasteiger charge is -2.26. The molecule has 8 nitrogen and oxygen atoms in total. The highest BCUT2D eigenvalue weighted by molar-refractivity contribution is 7.13. The summed E-state index contributed by atoms with van der Waals surface area (Å²) in [6, 6.07) is 10.4. The Morgan fingerprint density at radius 1 is 1.10 bits per heavy atom. The average Bonchev–Trinajstić information content (AvgIpc) is 3.14. The topological polar surface area (TPSA) is 113 Å². The molecule has 2 aromatic heterocycles. The lowest BCUT2D eigenvalue weighted by atomic mass is 10.2. The number of fused-ring (bicyclic) bond motifs is 1. The van der Waals surface area contributed by atoms with Gasteiger partial charge in [-0.3, -0.25) is 9.78 Å². The number of anilines is 3. The smallest absolute Gasteiger partial charge is 0.322 e. The van der Waals surface area contributed by atoms with E-state index < -0.39 is 0 Å². The van der Waals surface area contributed by atoms with E-state index in [4.69, 9.17) is 5.73 Å². The van der Waals surface area contributed by atoms with Gasteiger partial charge in [-0.2, -0.15) is 0 Å². The molecule has 30 heavy (non-hydrogen) atoms. The second-order valence-corrected chi connectivity index (χ2v) is 7.36. The second kappa shape index (κ2) is 10.2.